The highest BCUT2D eigenvalue weighted by atomic mass is 32.2. The summed E-state index contributed by atoms with van der Waals surface area (Å²) in [5.74, 6) is -4.40. The Hall–Kier alpha value is -3.96. The molecule has 48 heavy (non-hydrogen) atoms. The fraction of sp³-hybridized carbons (Fsp3) is 0.378. The number of likely N-dealkylation sites (N-methyl/N-ethyl adjacent to an activating group) is 1. The number of carbonyl (C=O) groups is 1. The van der Waals surface area contributed by atoms with Crippen molar-refractivity contribution in [2.45, 2.75) is 70.1 Å². The average molecular weight is 706 g/mol. The van der Waals surface area contributed by atoms with Crippen molar-refractivity contribution >= 4 is 17.7 Å². The summed E-state index contributed by atoms with van der Waals surface area (Å²) < 4.78 is 275. The van der Waals surface area contributed by atoms with E-state index in [-0.39, 0.29) is 34.7 Å². The van der Waals surface area contributed by atoms with Crippen molar-refractivity contribution in [3.63, 3.8) is 0 Å². The molecule has 6 nitrogen and oxygen atoms in total. The monoisotopic (exact) mass is 705 g/mol. The van der Waals surface area contributed by atoms with E-state index in [1.165, 1.54) is 0 Å². The standard InChI is InChI=1S/C37H40F4N4O2S/c1-4-43(5-2)19-20-44(22-26-9-13-28(14-10-26)29-15-18-32(25(3)21-29)37(39,40)41)34(46)23-45-33-8-6-7-31(33)35(47)42-36(45)48-24-27-11-16-30(38)17-12-27/h9-18,21H,4-8,19-20,22-24H2,1-3H3/i4D2,5D2,9D,10D,11D,12D,13D,14D,15D,16D,17D,18D,19D2,20D2,21D,22D2,23D2,24D2. The fourth-order valence-electron chi connectivity index (χ4n) is 4.27. The van der Waals surface area contributed by atoms with Gasteiger partial charge >= 0.3 is 6.18 Å². The minimum absolute atomic E-state index is 0.0385. The number of hydrogen-bond acceptors (Lipinski definition) is 5. The number of halogens is 4. The third-order valence-corrected chi connectivity index (χ3v) is 7.22. The molecule has 1 heterocycles. The van der Waals surface area contributed by atoms with Crippen molar-refractivity contribution in [3.8, 4) is 11.1 Å². The largest absolute Gasteiger partial charge is 0.416 e. The molecule has 11 heteroatoms. The SMILES string of the molecule is [2H]c1c([2H])c(C([2H])([2H])Sc2nc(=O)c3c(n2C([2H])([2H])C(=O)N(C([2H])([2H])c2c([2H])c([2H])c(-c4c([2H])c([2H])c(C(F)(F)F)c(C)c4[2H])c([2H])c2[2H])C([2H])([2H])C([2H])([2H])N(C([2H])([2H])C)C([2H])([2H])C)CCC3)c([2H])c([2H])c1F. The molecule has 1 amide bonds. The number of benzene rings is 3. The number of thioether (sulfide) groups is 1. The van der Waals surface area contributed by atoms with Gasteiger partial charge in [-0.25, -0.2) is 4.39 Å². The van der Waals surface area contributed by atoms with Crippen LogP contribution < -0.4 is 5.56 Å². The number of amides is 1. The van der Waals surface area contributed by atoms with Crippen molar-refractivity contribution in [3.05, 3.63) is 116 Å². The highest BCUT2D eigenvalue weighted by Gasteiger charge is 2.32. The van der Waals surface area contributed by atoms with E-state index in [9.17, 15) is 30.6 Å². The molecular formula is C37H40F4N4O2S. The van der Waals surface area contributed by atoms with Gasteiger partial charge < -0.3 is 14.4 Å². The molecule has 3 aromatic carbocycles. The summed E-state index contributed by atoms with van der Waals surface area (Å²) in [5.41, 5.74) is -13.7. The van der Waals surface area contributed by atoms with Crippen LogP contribution in [0.4, 0.5) is 17.6 Å². The van der Waals surface area contributed by atoms with Crippen LogP contribution >= 0.6 is 11.8 Å². The van der Waals surface area contributed by atoms with Gasteiger partial charge in [-0.3, -0.25) is 9.59 Å². The Kier molecular flexibility index (Phi) is 4.94. The van der Waals surface area contributed by atoms with Gasteiger partial charge in [0, 0.05) is 47.4 Å². The third-order valence-electron chi connectivity index (χ3n) is 6.46. The lowest BCUT2D eigenvalue weighted by Gasteiger charge is -2.28. The molecule has 0 N–H and O–H groups in total. The summed E-state index contributed by atoms with van der Waals surface area (Å²) in [7, 11) is 0. The number of carbonyl (C=O) groups excluding carboxylic acids is 1. The Balaban J connectivity index is 1.92. The molecule has 1 aliphatic carbocycles. The first-order valence-corrected chi connectivity index (χ1v) is 14.6. The van der Waals surface area contributed by atoms with E-state index in [2.05, 4.69) is 4.98 Å². The molecule has 4 aromatic rings. The number of rotatable bonds is 13. The lowest BCUT2D eigenvalue weighted by atomic mass is 9.98. The van der Waals surface area contributed by atoms with Crippen LogP contribution in [0.5, 0.6) is 0 Å². The number of alkyl halides is 3. The normalized spacial score (nSPS) is 22.5. The Morgan fingerprint density at radius 2 is 1.65 bits per heavy atom. The molecule has 254 valence electrons. The van der Waals surface area contributed by atoms with Crippen LogP contribution in [0.3, 0.4) is 0 Å². The molecular weight excluding hydrogens is 640 g/mol. The zero-order valence-electron chi connectivity index (χ0n) is 50.1. The second-order valence-corrected chi connectivity index (χ2v) is 10.3. The van der Waals surface area contributed by atoms with E-state index in [1.807, 2.05) is 0 Å². The molecule has 0 bridgehead atoms. The quantitative estimate of drug-likeness (QED) is 0.0819. The van der Waals surface area contributed by atoms with Crippen LogP contribution in [0.25, 0.3) is 11.1 Å². The van der Waals surface area contributed by atoms with Crippen LogP contribution in [0, 0.1) is 12.7 Å². The number of aromatic nitrogens is 2. The molecule has 5 rings (SSSR count). The first-order valence-electron chi connectivity index (χ1n) is 26.2. The van der Waals surface area contributed by atoms with Crippen molar-refractivity contribution in [2.24, 2.45) is 0 Å². The summed E-state index contributed by atoms with van der Waals surface area (Å²) in [6, 6.07) is -16.2. The van der Waals surface area contributed by atoms with Gasteiger partial charge in [-0.1, -0.05) is 73.9 Å². The van der Waals surface area contributed by atoms with Crippen molar-refractivity contribution < 1.29 is 56.6 Å². The maximum atomic E-state index is 15.4. The van der Waals surface area contributed by atoms with Crippen LogP contribution in [0.15, 0.2) is 76.4 Å². The summed E-state index contributed by atoms with van der Waals surface area (Å²) in [5, 5.41) is -1.25. The van der Waals surface area contributed by atoms with Gasteiger partial charge in [0.2, 0.25) is 5.91 Å². The number of hydrogen-bond donors (Lipinski definition) is 0. The minimum atomic E-state index is -5.33. The van der Waals surface area contributed by atoms with Gasteiger partial charge in [0.25, 0.3) is 5.56 Å². The average Bonchev–Trinajstić information content (AvgIpc) is 3.70. The van der Waals surface area contributed by atoms with Crippen LogP contribution in [-0.2, 0) is 42.5 Å². The highest BCUT2D eigenvalue weighted by Crippen LogP contribution is 2.34. The Morgan fingerprint density at radius 1 is 0.979 bits per heavy atom. The summed E-state index contributed by atoms with van der Waals surface area (Å²) in [6.07, 6.45) is -6.00. The number of nitrogens with zero attached hydrogens (tertiary/aromatic N) is 4. The third kappa shape index (κ3) is 8.54. The lowest BCUT2D eigenvalue weighted by molar-refractivity contribution is -0.138. The van der Waals surface area contributed by atoms with Crippen molar-refractivity contribution in [1.29, 1.82) is 0 Å². The smallest absolute Gasteiger partial charge is 0.336 e. The van der Waals surface area contributed by atoms with E-state index in [1.54, 1.807) is 0 Å². The van der Waals surface area contributed by atoms with Gasteiger partial charge in [0.05, 0.1) is 28.9 Å². The minimum Gasteiger partial charge on any atom is -0.336 e. The van der Waals surface area contributed by atoms with E-state index in [4.69, 9.17) is 26.0 Å². The second kappa shape index (κ2) is 15.5. The first kappa shape index (κ1) is 15.3. The molecule has 1 aliphatic rings. The summed E-state index contributed by atoms with van der Waals surface area (Å²) in [4.78, 5) is 31.1. The Labute approximate surface area is 317 Å². The van der Waals surface area contributed by atoms with Crippen molar-refractivity contribution in [1.82, 2.24) is 19.4 Å². The van der Waals surface area contributed by atoms with Crippen LogP contribution in [-0.4, -0.2) is 51.2 Å². The van der Waals surface area contributed by atoms with Gasteiger partial charge in [-0.15, -0.1) is 0 Å². The van der Waals surface area contributed by atoms with Gasteiger partial charge in [-0.05, 0) is 85.1 Å². The summed E-state index contributed by atoms with van der Waals surface area (Å²) in [6.45, 7) is -23.0. The molecule has 0 saturated carbocycles. The molecule has 0 atom stereocenters. The maximum Gasteiger partial charge on any atom is 0.416 e. The van der Waals surface area contributed by atoms with Gasteiger partial charge in [0.15, 0.2) is 5.16 Å². The van der Waals surface area contributed by atoms with E-state index in [0.717, 1.165) is 0 Å². The molecule has 0 aliphatic heterocycles. The molecule has 0 unspecified atom stereocenters. The van der Waals surface area contributed by atoms with E-state index >= 15 is 4.79 Å². The molecule has 0 fully saturated rings. The lowest BCUT2D eigenvalue weighted by Crippen LogP contribution is -2.40. The Morgan fingerprint density at radius 3 is 2.31 bits per heavy atom. The predicted octanol–water partition coefficient (Wildman–Crippen LogP) is 7.53. The van der Waals surface area contributed by atoms with Gasteiger partial charge in [0.1, 0.15) is 12.3 Å². The maximum absolute atomic E-state index is 15.4. The first-order chi connectivity index (χ1) is 32.7. The molecule has 1 aromatic heterocycles. The zero-order chi connectivity index (χ0) is 56.5. The molecule has 0 radical (unpaired) electrons. The van der Waals surface area contributed by atoms with Crippen LogP contribution in [0.1, 0.15) is 88.0 Å². The van der Waals surface area contributed by atoms with Gasteiger partial charge in [-0.2, -0.15) is 18.2 Å². The summed E-state index contributed by atoms with van der Waals surface area (Å²) >= 11 is -0.383. The highest BCUT2D eigenvalue weighted by molar-refractivity contribution is 7.98. The van der Waals surface area contributed by atoms with Crippen LogP contribution in [0.2, 0.25) is 0 Å². The topological polar surface area (TPSA) is 58.4 Å². The second-order valence-electron chi connectivity index (χ2n) is 9.58. The van der Waals surface area contributed by atoms with Crippen molar-refractivity contribution in [2.75, 3.05) is 26.0 Å². The number of fused-ring (bicyclic) bond motifs is 1. The Bertz CT molecular complexity index is 2930. The molecule has 0 spiro atoms. The molecule has 0 saturated heterocycles. The predicted molar refractivity (Wildman–Crippen MR) is 181 cm³/mol. The van der Waals surface area contributed by atoms with E-state index < -0.39 is 195 Å². The van der Waals surface area contributed by atoms with E-state index in [0.29, 0.717) is 20.8 Å². The zero-order valence-corrected chi connectivity index (χ0v) is 26.0. The fourth-order valence-corrected chi connectivity index (χ4v) is 4.94.